The Kier molecular flexibility index (Phi) is 9.89. The van der Waals surface area contributed by atoms with Crippen LogP contribution in [-0.2, 0) is 23.9 Å². The highest BCUT2D eigenvalue weighted by Gasteiger charge is 2.64. The fourth-order valence-electron chi connectivity index (χ4n) is 10.6. The molecule has 0 spiro atoms. The molecule has 0 heterocycles. The summed E-state index contributed by atoms with van der Waals surface area (Å²) in [7, 11) is 1.26. The molecule has 8 unspecified atom stereocenters. The summed E-state index contributed by atoms with van der Waals surface area (Å²) in [5, 5.41) is 21.1. The number of aliphatic hydroxyl groups is 1. The molecule has 8 atom stereocenters. The number of carboxylic acids is 1. The fourth-order valence-corrected chi connectivity index (χ4v) is 10.6. The number of carbonyl (C=O) groups is 3. The number of fused-ring (bicyclic) bond motifs is 4. The van der Waals surface area contributed by atoms with Gasteiger partial charge in [-0.3, -0.25) is 14.4 Å². The average Bonchev–Trinajstić information content (AvgIpc) is 3.20. The van der Waals surface area contributed by atoms with Crippen LogP contribution in [0, 0.1) is 45.3 Å². The van der Waals surface area contributed by atoms with Gasteiger partial charge in [0, 0.05) is 5.41 Å². The number of hydrogen-bond donors (Lipinski definition) is 2. The van der Waals surface area contributed by atoms with E-state index in [-0.39, 0.29) is 52.4 Å². The molecule has 4 aliphatic rings. The molecule has 2 fully saturated rings. The first-order chi connectivity index (χ1) is 20.7. The summed E-state index contributed by atoms with van der Waals surface area (Å²) in [5.41, 5.74) is 2.48. The van der Waals surface area contributed by atoms with Gasteiger partial charge >= 0.3 is 17.9 Å². The number of carboxylic acid groups (broad SMARTS) is 1. The third kappa shape index (κ3) is 6.28. The first-order valence-electron chi connectivity index (χ1n) is 17.4. The third-order valence-corrected chi connectivity index (χ3v) is 13.7. The van der Waals surface area contributed by atoms with Crippen LogP contribution in [0.2, 0.25) is 0 Å². The Balaban J connectivity index is 1.55. The average molecular weight is 629 g/mol. The van der Waals surface area contributed by atoms with E-state index in [2.05, 4.69) is 59.8 Å². The van der Waals surface area contributed by atoms with Gasteiger partial charge in [0.15, 0.2) is 0 Å². The monoisotopic (exact) mass is 628 g/mol. The van der Waals surface area contributed by atoms with Gasteiger partial charge in [-0.2, -0.15) is 0 Å². The lowest BCUT2D eigenvalue weighted by Gasteiger charge is -2.62. The molecule has 2 saturated carbocycles. The van der Waals surface area contributed by atoms with Crippen LogP contribution in [0.4, 0.5) is 0 Å². The molecular formula is C38H60O7. The van der Waals surface area contributed by atoms with Crippen LogP contribution in [0.5, 0.6) is 0 Å². The predicted octanol–water partition coefficient (Wildman–Crippen LogP) is 8.04. The van der Waals surface area contributed by atoms with E-state index in [1.807, 2.05) is 0 Å². The first-order valence-corrected chi connectivity index (χ1v) is 17.4. The molecule has 0 aliphatic heterocycles. The summed E-state index contributed by atoms with van der Waals surface area (Å²) < 4.78 is 10.8. The Bertz CT molecular complexity index is 1230. The molecule has 7 nitrogen and oxygen atoms in total. The van der Waals surface area contributed by atoms with Crippen molar-refractivity contribution in [2.24, 2.45) is 45.3 Å². The second-order valence-electron chi connectivity index (χ2n) is 16.9. The van der Waals surface area contributed by atoms with E-state index in [0.29, 0.717) is 18.3 Å². The Hall–Kier alpha value is -2.15. The predicted molar refractivity (Wildman–Crippen MR) is 175 cm³/mol. The maximum atomic E-state index is 13.0. The molecule has 0 aromatic rings. The first kappa shape index (κ1) is 35.7. The number of ether oxygens (including phenoxy) is 2. The third-order valence-electron chi connectivity index (χ3n) is 13.7. The van der Waals surface area contributed by atoms with Crippen molar-refractivity contribution in [2.45, 2.75) is 144 Å². The lowest BCUT2D eigenvalue weighted by Crippen LogP contribution is -2.56. The minimum atomic E-state index is -1.52. The normalized spacial score (nSPS) is 35.8. The Morgan fingerprint density at radius 1 is 0.956 bits per heavy atom. The van der Waals surface area contributed by atoms with Crippen LogP contribution >= 0.6 is 0 Å². The quantitative estimate of drug-likeness (QED) is 0.176. The van der Waals surface area contributed by atoms with Crippen LogP contribution in [0.25, 0.3) is 0 Å². The zero-order valence-corrected chi connectivity index (χ0v) is 29.5. The van der Waals surface area contributed by atoms with Crippen LogP contribution < -0.4 is 0 Å². The molecule has 0 radical (unpaired) electrons. The van der Waals surface area contributed by atoms with Gasteiger partial charge in [-0.1, -0.05) is 71.8 Å². The van der Waals surface area contributed by atoms with E-state index in [1.54, 1.807) is 11.1 Å². The van der Waals surface area contributed by atoms with E-state index < -0.39 is 23.5 Å². The van der Waals surface area contributed by atoms with Gasteiger partial charge in [0.1, 0.15) is 6.10 Å². The molecule has 254 valence electrons. The van der Waals surface area contributed by atoms with Crippen LogP contribution in [0.1, 0.15) is 132 Å². The van der Waals surface area contributed by atoms with Gasteiger partial charge in [-0.15, -0.1) is 0 Å². The highest BCUT2D eigenvalue weighted by atomic mass is 16.5. The van der Waals surface area contributed by atoms with Crippen LogP contribution in [0.3, 0.4) is 0 Å². The van der Waals surface area contributed by atoms with Gasteiger partial charge < -0.3 is 19.7 Å². The largest absolute Gasteiger partial charge is 0.481 e. The second-order valence-corrected chi connectivity index (χ2v) is 16.9. The molecule has 0 bridgehead atoms. The number of methoxy groups -OCH3 is 1. The standard InChI is InChI=1S/C38H60O7/c1-23(2)24(3)11-12-25(33(41)42)26-15-19-38(9)28-13-14-29-34(4,5)30(45-32(40)22-35(6,43)21-31(39)44-10)17-18-36(29,7)27(28)16-20-37(26,38)8/h23,25-26,29-30,43H,3,11-22H2,1-2,4-10H3,(H,41,42). The van der Waals surface area contributed by atoms with Gasteiger partial charge in [-0.05, 0) is 105 Å². The summed E-state index contributed by atoms with van der Waals surface area (Å²) in [4.78, 5) is 37.4. The van der Waals surface area contributed by atoms with Crippen LogP contribution in [0.15, 0.2) is 23.3 Å². The highest BCUT2D eigenvalue weighted by molar-refractivity contribution is 5.75. The van der Waals surface area contributed by atoms with E-state index >= 15 is 0 Å². The zero-order valence-electron chi connectivity index (χ0n) is 29.5. The highest BCUT2D eigenvalue weighted by Crippen LogP contribution is 2.72. The molecule has 4 rings (SSSR count). The molecule has 0 amide bonds. The van der Waals surface area contributed by atoms with Crippen molar-refractivity contribution in [3.05, 3.63) is 23.3 Å². The SMILES string of the molecule is C=C(CCC(C(=O)O)C1CCC2(C)C3=C(CCC12C)C1(C)CCC(OC(=O)CC(C)(O)CC(=O)OC)C(C)(C)C1CC3)C(C)C. The molecular weight excluding hydrogens is 568 g/mol. The molecule has 0 saturated heterocycles. The Morgan fingerprint density at radius 2 is 1.60 bits per heavy atom. The summed E-state index contributed by atoms with van der Waals surface area (Å²) in [5.74, 6) is -1.19. The summed E-state index contributed by atoms with van der Waals surface area (Å²) in [6.45, 7) is 21.7. The van der Waals surface area contributed by atoms with E-state index in [4.69, 9.17) is 4.74 Å². The van der Waals surface area contributed by atoms with Crippen molar-refractivity contribution in [1.29, 1.82) is 0 Å². The topological polar surface area (TPSA) is 110 Å². The maximum Gasteiger partial charge on any atom is 0.309 e. The van der Waals surface area contributed by atoms with Gasteiger partial charge in [0.05, 0.1) is 31.5 Å². The number of hydrogen-bond acceptors (Lipinski definition) is 6. The van der Waals surface area contributed by atoms with E-state index in [9.17, 15) is 24.6 Å². The summed E-state index contributed by atoms with van der Waals surface area (Å²) in [6.07, 6.45) is 8.38. The molecule has 4 aliphatic carbocycles. The minimum Gasteiger partial charge on any atom is -0.481 e. The van der Waals surface area contributed by atoms with Gasteiger partial charge in [0.25, 0.3) is 0 Å². The Labute approximate surface area is 271 Å². The molecule has 2 N–H and O–H groups in total. The summed E-state index contributed by atoms with van der Waals surface area (Å²) >= 11 is 0. The van der Waals surface area contributed by atoms with E-state index in [0.717, 1.165) is 63.4 Å². The molecule has 0 aromatic heterocycles. The van der Waals surface area contributed by atoms with Crippen LogP contribution in [-0.4, -0.2) is 46.9 Å². The number of esters is 2. The fraction of sp³-hybridized carbons (Fsp3) is 0.816. The van der Waals surface area contributed by atoms with Gasteiger partial charge in [-0.25, -0.2) is 0 Å². The number of carbonyl (C=O) groups excluding carboxylic acids is 2. The van der Waals surface area contributed by atoms with Crippen molar-refractivity contribution >= 4 is 17.9 Å². The van der Waals surface area contributed by atoms with Crippen molar-refractivity contribution in [1.82, 2.24) is 0 Å². The molecule has 7 heteroatoms. The summed E-state index contributed by atoms with van der Waals surface area (Å²) in [6, 6.07) is 0. The number of allylic oxidation sites excluding steroid dienone is 3. The van der Waals surface area contributed by atoms with Crippen molar-refractivity contribution in [3.63, 3.8) is 0 Å². The zero-order chi connectivity index (χ0) is 33.8. The smallest absolute Gasteiger partial charge is 0.309 e. The number of aliphatic carboxylic acids is 1. The molecule has 45 heavy (non-hydrogen) atoms. The second kappa shape index (κ2) is 12.5. The van der Waals surface area contributed by atoms with E-state index in [1.165, 1.54) is 14.0 Å². The van der Waals surface area contributed by atoms with Crippen molar-refractivity contribution in [2.75, 3.05) is 7.11 Å². The lowest BCUT2D eigenvalue weighted by atomic mass is 9.43. The number of rotatable bonds is 11. The van der Waals surface area contributed by atoms with Crippen molar-refractivity contribution < 1.29 is 34.1 Å². The van der Waals surface area contributed by atoms with Gasteiger partial charge in [0.2, 0.25) is 0 Å². The maximum absolute atomic E-state index is 13.0. The minimum absolute atomic E-state index is 0.000000211. The lowest BCUT2D eigenvalue weighted by molar-refractivity contribution is -0.174. The molecule has 0 aromatic carbocycles. The Morgan fingerprint density at radius 3 is 2.20 bits per heavy atom. The van der Waals surface area contributed by atoms with Crippen molar-refractivity contribution in [3.8, 4) is 0 Å².